The molecule has 1 nitrogen and oxygen atoms in total. The monoisotopic (exact) mass is 236 g/mol. The van der Waals surface area contributed by atoms with Gasteiger partial charge in [0.25, 0.3) is 0 Å². The van der Waals surface area contributed by atoms with Crippen molar-refractivity contribution in [3.8, 4) is 0 Å². The molecule has 1 aliphatic rings. The molecule has 0 aromatic rings. The van der Waals surface area contributed by atoms with E-state index in [4.69, 9.17) is 4.74 Å². The van der Waals surface area contributed by atoms with Crippen LogP contribution in [0.5, 0.6) is 0 Å². The average Bonchev–Trinajstić information content (AvgIpc) is 2.23. The van der Waals surface area contributed by atoms with Crippen molar-refractivity contribution < 1.29 is 4.74 Å². The lowest BCUT2D eigenvalue weighted by molar-refractivity contribution is 0.100. The van der Waals surface area contributed by atoms with Crippen molar-refractivity contribution in [3.05, 3.63) is 23.3 Å². The van der Waals surface area contributed by atoms with Crippen molar-refractivity contribution >= 4 is 0 Å². The number of allylic oxidation sites excluding steroid dienone is 3. The fourth-order valence-corrected chi connectivity index (χ4v) is 2.71. The highest BCUT2D eigenvalue weighted by Crippen LogP contribution is 2.42. The summed E-state index contributed by atoms with van der Waals surface area (Å²) in [5.74, 6) is 0.569. The predicted octanol–water partition coefficient (Wildman–Crippen LogP) is 4.74. The van der Waals surface area contributed by atoms with Gasteiger partial charge >= 0.3 is 0 Å². The summed E-state index contributed by atoms with van der Waals surface area (Å²) in [5.41, 5.74) is 3.26. The van der Waals surface area contributed by atoms with E-state index >= 15 is 0 Å². The third kappa shape index (κ3) is 3.70. The van der Waals surface area contributed by atoms with Gasteiger partial charge in [-0.15, -0.1) is 0 Å². The summed E-state index contributed by atoms with van der Waals surface area (Å²) in [5, 5.41) is 0. The van der Waals surface area contributed by atoms with Gasteiger partial charge in [0.2, 0.25) is 0 Å². The quantitative estimate of drug-likeness (QED) is 0.641. The third-order valence-corrected chi connectivity index (χ3v) is 4.07. The van der Waals surface area contributed by atoms with Gasteiger partial charge in [0.1, 0.15) is 0 Å². The molecule has 0 heterocycles. The minimum atomic E-state index is 0.241. The summed E-state index contributed by atoms with van der Waals surface area (Å²) >= 11 is 0. The van der Waals surface area contributed by atoms with E-state index in [1.807, 2.05) is 0 Å². The van der Waals surface area contributed by atoms with Gasteiger partial charge in [-0.1, -0.05) is 31.6 Å². The van der Waals surface area contributed by atoms with E-state index in [0.29, 0.717) is 11.3 Å². The molecule has 0 bridgehead atoms. The van der Waals surface area contributed by atoms with Gasteiger partial charge in [-0.2, -0.15) is 0 Å². The fourth-order valence-electron chi connectivity index (χ4n) is 2.71. The normalized spacial score (nSPS) is 26.6. The Bertz CT molecular complexity index is 309. The molecular formula is C16H28O. The van der Waals surface area contributed by atoms with Crippen molar-refractivity contribution in [1.29, 1.82) is 0 Å². The first-order valence-electron chi connectivity index (χ1n) is 6.85. The number of hydrogen-bond donors (Lipinski definition) is 0. The van der Waals surface area contributed by atoms with Crippen LogP contribution in [-0.2, 0) is 4.74 Å². The second kappa shape index (κ2) is 5.86. The van der Waals surface area contributed by atoms with Gasteiger partial charge in [-0.25, -0.2) is 0 Å². The molecule has 98 valence electrons. The van der Waals surface area contributed by atoms with Crippen LogP contribution in [0.15, 0.2) is 23.3 Å². The maximum atomic E-state index is 5.66. The zero-order valence-corrected chi connectivity index (χ0v) is 12.3. The molecule has 0 N–H and O–H groups in total. The maximum absolute atomic E-state index is 5.66. The molecule has 0 radical (unpaired) electrons. The zero-order chi connectivity index (χ0) is 13.1. The van der Waals surface area contributed by atoms with Crippen LogP contribution < -0.4 is 0 Å². The average molecular weight is 236 g/mol. The lowest BCUT2D eigenvalue weighted by atomic mass is 9.68. The Kier molecular flexibility index (Phi) is 5.00. The first kappa shape index (κ1) is 14.5. The van der Waals surface area contributed by atoms with Crippen molar-refractivity contribution in [3.63, 3.8) is 0 Å². The predicted molar refractivity (Wildman–Crippen MR) is 75.1 cm³/mol. The molecule has 2 atom stereocenters. The third-order valence-electron chi connectivity index (χ3n) is 4.07. The van der Waals surface area contributed by atoms with Crippen LogP contribution in [0.25, 0.3) is 0 Å². The molecule has 0 aromatic carbocycles. The highest BCUT2D eigenvalue weighted by Gasteiger charge is 2.31. The molecule has 0 aromatic heterocycles. The largest absolute Gasteiger partial charge is 0.374 e. The lowest BCUT2D eigenvalue weighted by Crippen LogP contribution is -2.27. The molecule has 0 amide bonds. The highest BCUT2D eigenvalue weighted by atomic mass is 16.5. The second-order valence-electron chi connectivity index (χ2n) is 5.96. The maximum Gasteiger partial charge on any atom is 0.0754 e. The zero-order valence-electron chi connectivity index (χ0n) is 12.3. The van der Waals surface area contributed by atoms with Gasteiger partial charge in [0.05, 0.1) is 6.10 Å². The van der Waals surface area contributed by atoms with Crippen LogP contribution in [0.4, 0.5) is 0 Å². The Hall–Kier alpha value is -0.560. The Labute approximate surface area is 107 Å². The Morgan fingerprint density at radius 3 is 2.76 bits per heavy atom. The van der Waals surface area contributed by atoms with E-state index in [1.165, 1.54) is 24.0 Å². The van der Waals surface area contributed by atoms with Crippen LogP contribution in [0.2, 0.25) is 0 Å². The number of hydrogen-bond acceptors (Lipinski definition) is 1. The van der Waals surface area contributed by atoms with Crippen molar-refractivity contribution in [2.75, 3.05) is 6.61 Å². The lowest BCUT2D eigenvalue weighted by Gasteiger charge is -2.37. The molecule has 1 aliphatic carbocycles. The molecule has 0 saturated carbocycles. The molecule has 0 saturated heterocycles. The van der Waals surface area contributed by atoms with Gasteiger partial charge in [0.15, 0.2) is 0 Å². The van der Waals surface area contributed by atoms with Gasteiger partial charge in [-0.3, -0.25) is 0 Å². The highest BCUT2D eigenvalue weighted by molar-refractivity contribution is 5.22. The van der Waals surface area contributed by atoms with Crippen LogP contribution in [0, 0.1) is 11.3 Å². The van der Waals surface area contributed by atoms with E-state index in [-0.39, 0.29) is 6.10 Å². The van der Waals surface area contributed by atoms with E-state index in [2.05, 4.69) is 53.7 Å². The summed E-state index contributed by atoms with van der Waals surface area (Å²) in [6.45, 7) is 14.2. The van der Waals surface area contributed by atoms with Crippen LogP contribution in [0.3, 0.4) is 0 Å². The molecule has 1 rings (SSSR count). The summed E-state index contributed by atoms with van der Waals surface area (Å²) < 4.78 is 5.66. The van der Waals surface area contributed by atoms with E-state index in [1.54, 1.807) is 0 Å². The summed E-state index contributed by atoms with van der Waals surface area (Å²) in [7, 11) is 0. The minimum absolute atomic E-state index is 0.241. The Morgan fingerprint density at radius 2 is 2.24 bits per heavy atom. The second-order valence-corrected chi connectivity index (χ2v) is 5.96. The number of rotatable bonds is 4. The molecule has 17 heavy (non-hydrogen) atoms. The molecule has 0 aliphatic heterocycles. The van der Waals surface area contributed by atoms with E-state index in [9.17, 15) is 0 Å². The van der Waals surface area contributed by atoms with Crippen molar-refractivity contribution in [2.24, 2.45) is 11.3 Å². The summed E-state index contributed by atoms with van der Waals surface area (Å²) in [6.07, 6.45) is 7.56. The summed E-state index contributed by atoms with van der Waals surface area (Å²) in [6, 6.07) is 0. The van der Waals surface area contributed by atoms with Gasteiger partial charge in [-0.05, 0) is 51.5 Å². The van der Waals surface area contributed by atoms with Crippen molar-refractivity contribution in [2.45, 2.75) is 60.5 Å². The minimum Gasteiger partial charge on any atom is -0.374 e. The SMILES string of the molecule is CCOC(C)C(C)=CC1C(C)=CCCC1(C)C. The van der Waals surface area contributed by atoms with Crippen molar-refractivity contribution in [1.82, 2.24) is 0 Å². The first-order valence-corrected chi connectivity index (χ1v) is 6.85. The fraction of sp³-hybridized carbons (Fsp3) is 0.750. The van der Waals surface area contributed by atoms with E-state index < -0.39 is 0 Å². The molecule has 0 spiro atoms. The molecule has 1 heteroatoms. The summed E-state index contributed by atoms with van der Waals surface area (Å²) in [4.78, 5) is 0. The Balaban J connectivity index is 2.86. The first-order chi connectivity index (χ1) is 7.88. The molecular weight excluding hydrogens is 208 g/mol. The van der Waals surface area contributed by atoms with Crippen LogP contribution in [0.1, 0.15) is 54.4 Å². The topological polar surface area (TPSA) is 9.23 Å². The number of ether oxygens (including phenoxy) is 1. The van der Waals surface area contributed by atoms with Gasteiger partial charge < -0.3 is 4.74 Å². The van der Waals surface area contributed by atoms with E-state index in [0.717, 1.165) is 6.61 Å². The standard InChI is InChI=1S/C16H28O/c1-7-17-14(4)13(3)11-15-12(2)9-8-10-16(15,5)6/h9,11,14-15H,7-8,10H2,1-6H3. The molecule has 0 fully saturated rings. The van der Waals surface area contributed by atoms with Crippen LogP contribution in [-0.4, -0.2) is 12.7 Å². The van der Waals surface area contributed by atoms with Gasteiger partial charge in [0, 0.05) is 12.5 Å². The molecule has 2 unspecified atom stereocenters. The Morgan fingerprint density at radius 1 is 1.59 bits per heavy atom. The smallest absolute Gasteiger partial charge is 0.0754 e. The van der Waals surface area contributed by atoms with Crippen LogP contribution >= 0.6 is 0 Å².